The van der Waals surface area contributed by atoms with Crippen molar-refractivity contribution in [3.8, 4) is 0 Å². The molecule has 0 saturated heterocycles. The largest absolute Gasteiger partial charge is 0.741 e. The van der Waals surface area contributed by atoms with E-state index in [1.54, 1.807) is 7.11 Å². The van der Waals surface area contributed by atoms with E-state index in [0.717, 1.165) is 17.6 Å². The number of alkyl halides is 3. The zero-order valence-corrected chi connectivity index (χ0v) is 11.8. The van der Waals surface area contributed by atoms with Gasteiger partial charge in [0.05, 0.1) is 26.7 Å². The molecule has 9 heteroatoms. The first kappa shape index (κ1) is 19.9. The Balaban J connectivity index is 0. The average Bonchev–Trinajstić information content (AvgIpc) is 2.24. The number of ether oxygens (including phenoxy) is 1. The lowest BCUT2D eigenvalue weighted by molar-refractivity contribution is -0.906. The van der Waals surface area contributed by atoms with Crippen LogP contribution in [-0.4, -0.2) is 63.4 Å². The van der Waals surface area contributed by atoms with Crippen LogP contribution in [0.2, 0.25) is 0 Å². The quantitative estimate of drug-likeness (QED) is 0.434. The molecule has 0 saturated carbocycles. The molecule has 0 bridgehead atoms. The van der Waals surface area contributed by atoms with Gasteiger partial charge in [0.15, 0.2) is 10.1 Å². The minimum atomic E-state index is -6.09. The molecule has 112 valence electrons. The van der Waals surface area contributed by atoms with Gasteiger partial charge in [-0.25, -0.2) is 8.42 Å². The lowest BCUT2D eigenvalue weighted by Crippen LogP contribution is -2.45. The van der Waals surface area contributed by atoms with Crippen LogP contribution in [0.5, 0.6) is 0 Å². The van der Waals surface area contributed by atoms with Gasteiger partial charge in [-0.3, -0.25) is 0 Å². The molecule has 0 aromatic rings. The molecule has 0 amide bonds. The summed E-state index contributed by atoms with van der Waals surface area (Å²) in [7, 11) is -2.07. The van der Waals surface area contributed by atoms with Gasteiger partial charge in [0, 0.05) is 7.11 Å². The third kappa shape index (κ3) is 8.67. The number of hydrogen-bond acceptors (Lipinski definition) is 4. The molecule has 0 heterocycles. The maximum atomic E-state index is 10.7. The fraction of sp³-hybridized carbons (Fsp3) is 1.00. The lowest BCUT2D eigenvalue weighted by Gasteiger charge is -2.31. The van der Waals surface area contributed by atoms with Gasteiger partial charge in [0.25, 0.3) is 0 Å². The molecule has 0 aliphatic carbocycles. The minimum Gasteiger partial charge on any atom is -0.741 e. The second-order valence-corrected chi connectivity index (χ2v) is 5.24. The lowest BCUT2D eigenvalue weighted by atomic mass is 10.4. The Bertz CT molecular complexity index is 312. The average molecular weight is 295 g/mol. The summed E-state index contributed by atoms with van der Waals surface area (Å²) in [5.41, 5.74) is -5.65. The van der Waals surface area contributed by atoms with Crippen molar-refractivity contribution >= 4 is 10.1 Å². The second-order valence-electron chi connectivity index (χ2n) is 3.87. The van der Waals surface area contributed by atoms with Gasteiger partial charge in [-0.05, 0) is 13.8 Å². The Morgan fingerprint density at radius 1 is 1.22 bits per heavy atom. The Hall–Kier alpha value is -0.380. The van der Waals surface area contributed by atoms with Crippen LogP contribution in [0.4, 0.5) is 13.2 Å². The molecule has 0 fully saturated rings. The van der Waals surface area contributed by atoms with E-state index >= 15 is 0 Å². The molecule has 0 N–H and O–H groups in total. The molecule has 0 aromatic heterocycles. The van der Waals surface area contributed by atoms with Crippen molar-refractivity contribution in [2.45, 2.75) is 19.4 Å². The molecule has 0 aliphatic heterocycles. The van der Waals surface area contributed by atoms with Crippen molar-refractivity contribution in [2.24, 2.45) is 0 Å². The maximum Gasteiger partial charge on any atom is 0.485 e. The highest BCUT2D eigenvalue weighted by atomic mass is 32.2. The van der Waals surface area contributed by atoms with Crippen molar-refractivity contribution in [3.05, 3.63) is 0 Å². The fourth-order valence-corrected chi connectivity index (χ4v) is 0.852. The topological polar surface area (TPSA) is 66.4 Å². The Morgan fingerprint density at radius 2 is 1.56 bits per heavy atom. The number of likely N-dealkylation sites (N-methyl/N-ethyl adjacent to an activating group) is 1. The normalized spacial score (nSPS) is 12.9. The monoisotopic (exact) mass is 295 g/mol. The second kappa shape index (κ2) is 7.93. The van der Waals surface area contributed by atoms with Crippen molar-refractivity contribution in [1.29, 1.82) is 0 Å². The molecule has 0 rings (SSSR count). The van der Waals surface area contributed by atoms with Gasteiger partial charge in [-0.2, -0.15) is 13.2 Å². The highest BCUT2D eigenvalue weighted by Gasteiger charge is 2.36. The van der Waals surface area contributed by atoms with Gasteiger partial charge >= 0.3 is 5.51 Å². The number of hydrogen-bond donors (Lipinski definition) is 0. The van der Waals surface area contributed by atoms with Crippen LogP contribution in [-0.2, 0) is 14.9 Å². The van der Waals surface area contributed by atoms with E-state index in [-0.39, 0.29) is 0 Å². The van der Waals surface area contributed by atoms with E-state index in [1.807, 2.05) is 0 Å². The third-order valence-electron chi connectivity index (χ3n) is 2.65. The molecule has 0 aromatic carbocycles. The number of halogens is 3. The zero-order valence-electron chi connectivity index (χ0n) is 11.0. The standard InChI is InChI=1S/C8H20NO.CHF3O3S/c1-5-9(3,6-2)7-8-10-4;2-1(3,4)8(5,6)7/h5-8H2,1-4H3;(H,5,6,7)/q+1;/p-1. The van der Waals surface area contributed by atoms with E-state index in [9.17, 15) is 13.2 Å². The summed E-state index contributed by atoms with van der Waals surface area (Å²) in [5, 5.41) is 0. The molecular formula is C9H20F3NO4S. The number of nitrogens with zero attached hydrogens (tertiary/aromatic N) is 1. The van der Waals surface area contributed by atoms with Gasteiger partial charge in [0.2, 0.25) is 0 Å². The summed E-state index contributed by atoms with van der Waals surface area (Å²) in [6, 6.07) is 0. The summed E-state index contributed by atoms with van der Waals surface area (Å²) < 4.78 is 65.0. The van der Waals surface area contributed by atoms with Crippen LogP contribution in [0.15, 0.2) is 0 Å². The summed E-state index contributed by atoms with van der Waals surface area (Å²) >= 11 is 0. The van der Waals surface area contributed by atoms with Crippen molar-refractivity contribution in [2.75, 3.05) is 40.4 Å². The summed E-state index contributed by atoms with van der Waals surface area (Å²) in [6.45, 7) is 8.83. The number of rotatable bonds is 5. The van der Waals surface area contributed by atoms with Crippen LogP contribution in [0, 0.1) is 0 Å². The Kier molecular flexibility index (Phi) is 8.78. The zero-order chi connectivity index (χ0) is 15.0. The first-order valence-electron chi connectivity index (χ1n) is 5.28. The van der Waals surface area contributed by atoms with Crippen LogP contribution in [0.25, 0.3) is 0 Å². The minimum absolute atomic E-state index is 0.873. The molecular weight excluding hydrogens is 275 g/mol. The van der Waals surface area contributed by atoms with E-state index in [4.69, 9.17) is 17.7 Å². The van der Waals surface area contributed by atoms with E-state index in [1.165, 1.54) is 13.1 Å². The van der Waals surface area contributed by atoms with Crippen LogP contribution in [0.1, 0.15) is 13.8 Å². The molecule has 0 aliphatic rings. The third-order valence-corrected chi connectivity index (χ3v) is 3.21. The van der Waals surface area contributed by atoms with Crippen LogP contribution >= 0.6 is 0 Å². The molecule has 0 radical (unpaired) electrons. The van der Waals surface area contributed by atoms with Gasteiger partial charge in [-0.15, -0.1) is 0 Å². The fourth-order valence-electron chi connectivity index (χ4n) is 0.852. The molecule has 18 heavy (non-hydrogen) atoms. The molecule has 0 unspecified atom stereocenters. The van der Waals surface area contributed by atoms with Crippen molar-refractivity contribution < 1.29 is 35.4 Å². The molecule has 0 spiro atoms. The summed E-state index contributed by atoms with van der Waals surface area (Å²) in [6.07, 6.45) is 0. The number of quaternary nitrogens is 1. The first-order valence-corrected chi connectivity index (χ1v) is 6.69. The highest BCUT2D eigenvalue weighted by molar-refractivity contribution is 7.86. The predicted octanol–water partition coefficient (Wildman–Crippen LogP) is 1.17. The van der Waals surface area contributed by atoms with Crippen LogP contribution in [0.3, 0.4) is 0 Å². The Labute approximate surface area is 106 Å². The molecule has 5 nitrogen and oxygen atoms in total. The van der Waals surface area contributed by atoms with E-state index < -0.39 is 15.6 Å². The maximum absolute atomic E-state index is 10.7. The summed E-state index contributed by atoms with van der Waals surface area (Å²) in [4.78, 5) is 0. The van der Waals surface area contributed by atoms with E-state index in [2.05, 4.69) is 20.9 Å². The predicted molar refractivity (Wildman–Crippen MR) is 59.8 cm³/mol. The highest BCUT2D eigenvalue weighted by Crippen LogP contribution is 2.20. The molecule has 0 atom stereocenters. The first-order chi connectivity index (χ1) is 7.93. The van der Waals surface area contributed by atoms with Crippen molar-refractivity contribution in [1.82, 2.24) is 0 Å². The SMILES string of the molecule is CC[N+](C)(CC)CCOC.O=S(=O)([O-])C(F)(F)F. The van der Waals surface area contributed by atoms with Gasteiger partial charge < -0.3 is 13.8 Å². The number of methoxy groups -OCH3 is 1. The Morgan fingerprint density at radius 3 is 1.72 bits per heavy atom. The van der Waals surface area contributed by atoms with Crippen LogP contribution < -0.4 is 0 Å². The van der Waals surface area contributed by atoms with Gasteiger partial charge in [-0.1, -0.05) is 0 Å². The smallest absolute Gasteiger partial charge is 0.485 e. The summed E-state index contributed by atoms with van der Waals surface area (Å²) in [5.74, 6) is 0. The van der Waals surface area contributed by atoms with E-state index in [0.29, 0.717) is 0 Å². The van der Waals surface area contributed by atoms with Gasteiger partial charge in [0.1, 0.15) is 6.54 Å². The van der Waals surface area contributed by atoms with Crippen molar-refractivity contribution in [3.63, 3.8) is 0 Å².